The Balaban J connectivity index is 1.37. The van der Waals surface area contributed by atoms with Gasteiger partial charge in [-0.3, -0.25) is 4.79 Å². The zero-order chi connectivity index (χ0) is 23.8. The Kier molecular flexibility index (Phi) is 7.12. The van der Waals surface area contributed by atoms with Gasteiger partial charge in [0, 0.05) is 31.6 Å². The van der Waals surface area contributed by atoms with Crippen molar-refractivity contribution in [3.63, 3.8) is 0 Å². The largest absolute Gasteiger partial charge is 0.360 e. The number of nitrogens with two attached hydrogens (primary N) is 1. The molecule has 0 bridgehead atoms. The first-order valence-corrected chi connectivity index (χ1v) is 16.1. The van der Waals surface area contributed by atoms with Gasteiger partial charge in [-0.1, -0.05) is 31.8 Å². The Hall–Kier alpha value is -1.96. The molecular weight excluding hydrogens is 428 g/mol. The number of hydrogen-bond acceptors (Lipinski definition) is 4. The molecule has 0 spiro atoms. The fourth-order valence-corrected chi connectivity index (χ4v) is 5.58. The molecule has 3 N–H and O–H groups in total. The molecule has 2 saturated carbocycles. The van der Waals surface area contributed by atoms with E-state index in [9.17, 15) is 4.79 Å². The van der Waals surface area contributed by atoms with Gasteiger partial charge < -0.3 is 15.8 Å². The normalized spacial score (nSPS) is 17.4. The van der Waals surface area contributed by atoms with E-state index in [0.29, 0.717) is 24.5 Å². The molecule has 1 heterocycles. The monoisotopic (exact) mass is 468 g/mol. The Morgan fingerprint density at radius 3 is 2.30 bits per heavy atom. The number of carbonyl (C=O) groups excluding carboxylic acids is 1. The fourth-order valence-electron chi connectivity index (χ4n) is 4.82. The number of amides is 1. The summed E-state index contributed by atoms with van der Waals surface area (Å²) in [6.45, 7) is 12.4. The van der Waals surface area contributed by atoms with Crippen LogP contribution in [0.4, 0.5) is 5.69 Å². The number of rotatable bonds is 11. The van der Waals surface area contributed by atoms with Crippen LogP contribution in [-0.4, -0.2) is 36.4 Å². The van der Waals surface area contributed by atoms with Crippen molar-refractivity contribution in [2.75, 3.05) is 11.9 Å². The molecular formula is C26H40N4O2Si. The number of nitrogens with zero attached hydrogens (tertiary/aromatic N) is 2. The van der Waals surface area contributed by atoms with Gasteiger partial charge in [-0.2, -0.15) is 5.10 Å². The summed E-state index contributed by atoms with van der Waals surface area (Å²) in [5.74, 6) is 1.61. The van der Waals surface area contributed by atoms with E-state index in [1.807, 2.05) is 35.9 Å². The minimum atomic E-state index is -1.10. The van der Waals surface area contributed by atoms with Crippen LogP contribution in [0.15, 0.2) is 24.3 Å². The van der Waals surface area contributed by atoms with E-state index in [-0.39, 0.29) is 5.91 Å². The standard InChI is InChI=1S/C26H40N4O2Si/c1-17-23(18(2)30(29-17)16-32-14-15-33(3,4)5)19-10-12-22(13-11-19)28-26(31)25(27)24(20-6-7-20)21-8-9-21/h10-13,20-21,24-25H,6-9,14-16,27H2,1-5H3,(H,28,31)/t25-/m0/s1. The first kappa shape index (κ1) is 24.2. The maximum absolute atomic E-state index is 12.8. The maximum Gasteiger partial charge on any atom is 0.241 e. The van der Waals surface area contributed by atoms with Gasteiger partial charge in [0.1, 0.15) is 6.73 Å². The first-order valence-electron chi connectivity index (χ1n) is 12.4. The second-order valence-corrected chi connectivity index (χ2v) is 16.9. The molecule has 2 aromatic rings. The average Bonchev–Trinajstić information content (AvgIpc) is 3.67. The molecule has 33 heavy (non-hydrogen) atoms. The molecule has 2 aliphatic carbocycles. The number of carbonyl (C=O) groups is 1. The summed E-state index contributed by atoms with van der Waals surface area (Å²) in [6, 6.07) is 8.77. The van der Waals surface area contributed by atoms with E-state index >= 15 is 0 Å². The molecule has 180 valence electrons. The highest BCUT2D eigenvalue weighted by molar-refractivity contribution is 6.76. The Labute approximate surface area is 199 Å². The second kappa shape index (κ2) is 9.72. The van der Waals surface area contributed by atoms with Gasteiger partial charge in [-0.25, -0.2) is 4.68 Å². The number of aromatic nitrogens is 2. The number of hydrogen-bond donors (Lipinski definition) is 2. The lowest BCUT2D eigenvalue weighted by atomic mass is 9.89. The zero-order valence-electron chi connectivity index (χ0n) is 20.9. The van der Waals surface area contributed by atoms with Gasteiger partial charge in [0.05, 0.1) is 11.7 Å². The predicted octanol–water partition coefficient (Wildman–Crippen LogP) is 5.18. The van der Waals surface area contributed by atoms with Gasteiger partial charge in [-0.15, -0.1) is 0 Å². The summed E-state index contributed by atoms with van der Waals surface area (Å²) in [6.07, 6.45) is 4.92. The predicted molar refractivity (Wildman–Crippen MR) is 137 cm³/mol. The quantitative estimate of drug-likeness (QED) is 0.352. The SMILES string of the molecule is Cc1nn(COCC[Si](C)(C)C)c(C)c1-c1ccc(NC(=O)[C@@H](N)C(C2CC2)C2CC2)cc1. The van der Waals surface area contributed by atoms with E-state index in [2.05, 4.69) is 31.9 Å². The Bertz CT molecular complexity index is 959. The lowest BCUT2D eigenvalue weighted by Crippen LogP contribution is -2.43. The topological polar surface area (TPSA) is 82.2 Å². The summed E-state index contributed by atoms with van der Waals surface area (Å²) in [5.41, 5.74) is 11.5. The molecule has 4 rings (SSSR count). The van der Waals surface area contributed by atoms with E-state index in [4.69, 9.17) is 15.6 Å². The first-order chi connectivity index (χ1) is 15.6. The number of aryl methyl sites for hydroxylation is 1. The molecule has 7 heteroatoms. The van der Waals surface area contributed by atoms with Crippen LogP contribution in [0.2, 0.25) is 25.7 Å². The minimum absolute atomic E-state index is 0.0535. The van der Waals surface area contributed by atoms with Crippen LogP contribution in [0.25, 0.3) is 11.1 Å². The third kappa shape index (κ3) is 6.13. The van der Waals surface area contributed by atoms with Crippen molar-refractivity contribution in [2.45, 2.75) is 78.0 Å². The molecule has 2 fully saturated rings. The maximum atomic E-state index is 12.8. The third-order valence-corrected chi connectivity index (χ3v) is 8.79. The molecule has 1 atom stereocenters. The number of nitrogens with one attached hydrogen (secondary N) is 1. The molecule has 1 aromatic carbocycles. The van der Waals surface area contributed by atoms with Gasteiger partial charge in [0.15, 0.2) is 0 Å². The highest BCUT2D eigenvalue weighted by atomic mass is 28.3. The fraction of sp³-hybridized carbons (Fsp3) is 0.615. The molecule has 1 aromatic heterocycles. The van der Waals surface area contributed by atoms with Crippen molar-refractivity contribution in [1.29, 1.82) is 0 Å². The average molecular weight is 469 g/mol. The summed E-state index contributed by atoms with van der Waals surface area (Å²) >= 11 is 0. The molecule has 0 aliphatic heterocycles. The Morgan fingerprint density at radius 1 is 1.15 bits per heavy atom. The van der Waals surface area contributed by atoms with Crippen LogP contribution in [0.5, 0.6) is 0 Å². The number of anilines is 1. The molecule has 0 saturated heterocycles. The van der Waals surface area contributed by atoms with Gasteiger partial charge in [0.2, 0.25) is 5.91 Å². The van der Waals surface area contributed by atoms with Crippen LogP contribution in [0, 0.1) is 31.6 Å². The van der Waals surface area contributed by atoms with Gasteiger partial charge >= 0.3 is 0 Å². The van der Waals surface area contributed by atoms with Crippen LogP contribution in [0.1, 0.15) is 37.1 Å². The van der Waals surface area contributed by atoms with Crippen LogP contribution in [0.3, 0.4) is 0 Å². The minimum Gasteiger partial charge on any atom is -0.360 e. The van der Waals surface area contributed by atoms with E-state index in [0.717, 1.165) is 40.9 Å². The van der Waals surface area contributed by atoms with Crippen molar-refractivity contribution >= 4 is 19.7 Å². The number of benzene rings is 1. The lowest BCUT2D eigenvalue weighted by Gasteiger charge is -2.23. The summed E-state index contributed by atoms with van der Waals surface area (Å²) < 4.78 is 7.85. The third-order valence-electron chi connectivity index (χ3n) is 7.08. The van der Waals surface area contributed by atoms with Crippen molar-refractivity contribution in [3.8, 4) is 11.1 Å². The molecule has 0 radical (unpaired) electrons. The second-order valence-electron chi connectivity index (χ2n) is 11.2. The highest BCUT2D eigenvalue weighted by Gasteiger charge is 2.46. The van der Waals surface area contributed by atoms with Crippen LogP contribution in [-0.2, 0) is 16.3 Å². The van der Waals surface area contributed by atoms with Crippen molar-refractivity contribution in [1.82, 2.24) is 9.78 Å². The number of ether oxygens (including phenoxy) is 1. The summed E-state index contributed by atoms with van der Waals surface area (Å²) in [5, 5.41) is 7.74. The zero-order valence-corrected chi connectivity index (χ0v) is 21.9. The van der Waals surface area contributed by atoms with Crippen LogP contribution < -0.4 is 11.1 Å². The lowest BCUT2D eigenvalue weighted by molar-refractivity contribution is -0.118. The highest BCUT2D eigenvalue weighted by Crippen LogP contribution is 2.50. The molecule has 2 aliphatic rings. The van der Waals surface area contributed by atoms with E-state index in [1.165, 1.54) is 25.7 Å². The summed E-state index contributed by atoms with van der Waals surface area (Å²) in [7, 11) is -1.10. The Morgan fingerprint density at radius 2 is 1.76 bits per heavy atom. The smallest absolute Gasteiger partial charge is 0.241 e. The van der Waals surface area contributed by atoms with Crippen LogP contribution >= 0.6 is 0 Å². The molecule has 0 unspecified atom stereocenters. The van der Waals surface area contributed by atoms with E-state index < -0.39 is 14.1 Å². The van der Waals surface area contributed by atoms with Crippen molar-refractivity contribution in [2.24, 2.45) is 23.5 Å². The molecule has 1 amide bonds. The van der Waals surface area contributed by atoms with E-state index in [1.54, 1.807) is 0 Å². The van der Waals surface area contributed by atoms with Crippen molar-refractivity contribution in [3.05, 3.63) is 35.7 Å². The van der Waals surface area contributed by atoms with Gasteiger partial charge in [0.25, 0.3) is 0 Å². The van der Waals surface area contributed by atoms with Crippen molar-refractivity contribution < 1.29 is 9.53 Å². The molecule has 6 nitrogen and oxygen atoms in total. The summed E-state index contributed by atoms with van der Waals surface area (Å²) in [4.78, 5) is 12.8. The van der Waals surface area contributed by atoms with Gasteiger partial charge in [-0.05, 0) is 81.0 Å².